The van der Waals surface area contributed by atoms with Crippen molar-refractivity contribution >= 4 is 11.7 Å². The van der Waals surface area contributed by atoms with Crippen molar-refractivity contribution in [3.63, 3.8) is 0 Å². The number of rotatable bonds is 5. The SMILES string of the molecule is CC/C(=C/CNc1ccc(F)c(C(F)(F)F)c1)C(=O)OC. The van der Waals surface area contributed by atoms with Crippen molar-refractivity contribution in [3.05, 3.63) is 41.2 Å². The number of carbonyl (C=O) groups is 1. The van der Waals surface area contributed by atoms with Crippen LogP contribution in [0.1, 0.15) is 18.9 Å². The van der Waals surface area contributed by atoms with Crippen molar-refractivity contribution in [2.24, 2.45) is 0 Å². The van der Waals surface area contributed by atoms with Crippen LogP contribution in [0.15, 0.2) is 29.8 Å². The highest BCUT2D eigenvalue weighted by Crippen LogP contribution is 2.32. The second-order valence-corrected chi connectivity index (χ2v) is 4.15. The van der Waals surface area contributed by atoms with E-state index in [0.717, 1.165) is 6.07 Å². The molecule has 116 valence electrons. The van der Waals surface area contributed by atoms with Crippen molar-refractivity contribution in [1.82, 2.24) is 0 Å². The number of ether oxygens (including phenoxy) is 1. The Kier molecular flexibility index (Phi) is 5.75. The maximum absolute atomic E-state index is 13.1. The number of anilines is 1. The molecule has 3 nitrogen and oxygen atoms in total. The van der Waals surface area contributed by atoms with E-state index in [1.54, 1.807) is 6.92 Å². The number of nitrogens with one attached hydrogen (secondary N) is 1. The summed E-state index contributed by atoms with van der Waals surface area (Å²) >= 11 is 0. The summed E-state index contributed by atoms with van der Waals surface area (Å²) in [7, 11) is 1.24. The molecule has 0 aliphatic rings. The Labute approximate surface area is 119 Å². The summed E-state index contributed by atoms with van der Waals surface area (Å²) in [5, 5.41) is 2.68. The van der Waals surface area contributed by atoms with E-state index in [1.807, 2.05) is 0 Å². The Bertz CT molecular complexity index is 538. The fourth-order valence-corrected chi connectivity index (χ4v) is 1.65. The van der Waals surface area contributed by atoms with Crippen molar-refractivity contribution in [2.75, 3.05) is 19.0 Å². The number of methoxy groups -OCH3 is 1. The third-order valence-corrected chi connectivity index (χ3v) is 2.75. The third kappa shape index (κ3) is 4.77. The molecule has 0 atom stereocenters. The summed E-state index contributed by atoms with van der Waals surface area (Å²) in [5.74, 6) is -1.82. The molecule has 21 heavy (non-hydrogen) atoms. The van der Waals surface area contributed by atoms with Crippen molar-refractivity contribution in [2.45, 2.75) is 19.5 Å². The van der Waals surface area contributed by atoms with E-state index in [9.17, 15) is 22.4 Å². The molecule has 1 aromatic carbocycles. The Hall–Kier alpha value is -2.05. The highest BCUT2D eigenvalue weighted by atomic mass is 19.4. The molecule has 1 aromatic rings. The van der Waals surface area contributed by atoms with Crippen LogP contribution in [0.3, 0.4) is 0 Å². The topological polar surface area (TPSA) is 38.3 Å². The molecule has 0 amide bonds. The molecule has 0 aliphatic carbocycles. The van der Waals surface area contributed by atoms with Crippen molar-refractivity contribution in [1.29, 1.82) is 0 Å². The molecular weight excluding hydrogens is 290 g/mol. The lowest BCUT2D eigenvalue weighted by atomic mass is 10.1. The maximum Gasteiger partial charge on any atom is 0.419 e. The van der Waals surface area contributed by atoms with Crippen LogP contribution in [-0.2, 0) is 15.7 Å². The Morgan fingerprint density at radius 3 is 2.57 bits per heavy atom. The number of hydrogen-bond donors (Lipinski definition) is 1. The zero-order valence-corrected chi connectivity index (χ0v) is 11.6. The lowest BCUT2D eigenvalue weighted by molar-refractivity contribution is -0.140. The molecule has 0 bridgehead atoms. The average Bonchev–Trinajstić information content (AvgIpc) is 2.43. The molecule has 0 saturated carbocycles. The van der Waals surface area contributed by atoms with Gasteiger partial charge in [0.05, 0.1) is 12.7 Å². The van der Waals surface area contributed by atoms with E-state index >= 15 is 0 Å². The summed E-state index contributed by atoms with van der Waals surface area (Å²) in [6.45, 7) is 1.88. The Morgan fingerprint density at radius 1 is 1.38 bits per heavy atom. The number of alkyl halides is 3. The largest absolute Gasteiger partial charge is 0.466 e. The van der Waals surface area contributed by atoms with Gasteiger partial charge in [-0.1, -0.05) is 13.0 Å². The monoisotopic (exact) mass is 305 g/mol. The van der Waals surface area contributed by atoms with Crippen molar-refractivity contribution in [3.8, 4) is 0 Å². The van der Waals surface area contributed by atoms with Crippen molar-refractivity contribution < 1.29 is 27.1 Å². The van der Waals surface area contributed by atoms with Crippen LogP contribution < -0.4 is 5.32 Å². The molecule has 0 radical (unpaired) electrons. The summed E-state index contributed by atoms with van der Waals surface area (Å²) in [5.41, 5.74) is -0.816. The standard InChI is InChI=1S/C14H15F4NO2/c1-3-9(13(20)21-2)6-7-19-10-4-5-12(15)11(8-10)14(16,17)18/h4-6,8,19H,3,7H2,1-2H3/b9-6-. The van der Waals surface area contributed by atoms with E-state index in [2.05, 4.69) is 10.1 Å². The van der Waals surface area contributed by atoms with Gasteiger partial charge in [0.15, 0.2) is 0 Å². The smallest absolute Gasteiger partial charge is 0.419 e. The van der Waals surface area contributed by atoms with Gasteiger partial charge in [0.2, 0.25) is 0 Å². The van der Waals surface area contributed by atoms with Crippen LogP contribution in [-0.4, -0.2) is 19.6 Å². The normalized spacial score (nSPS) is 12.2. The molecule has 0 unspecified atom stereocenters. The molecule has 1 N–H and O–H groups in total. The van der Waals surface area contributed by atoms with Crippen LogP contribution in [0, 0.1) is 5.82 Å². The molecule has 7 heteroatoms. The highest BCUT2D eigenvalue weighted by Gasteiger charge is 2.34. The quantitative estimate of drug-likeness (QED) is 0.511. The second-order valence-electron chi connectivity index (χ2n) is 4.15. The second kappa shape index (κ2) is 7.10. The Morgan fingerprint density at radius 2 is 2.05 bits per heavy atom. The van der Waals surface area contributed by atoms with Gasteiger partial charge in [-0.3, -0.25) is 0 Å². The number of halogens is 4. The van der Waals surface area contributed by atoms with E-state index in [1.165, 1.54) is 19.3 Å². The first-order valence-electron chi connectivity index (χ1n) is 6.17. The van der Waals surface area contributed by atoms with Gasteiger partial charge in [0.25, 0.3) is 0 Å². The van der Waals surface area contributed by atoms with Gasteiger partial charge in [0, 0.05) is 17.8 Å². The minimum absolute atomic E-state index is 0.111. The third-order valence-electron chi connectivity index (χ3n) is 2.75. The summed E-state index contributed by atoms with van der Waals surface area (Å²) < 4.78 is 55.3. The molecule has 1 rings (SSSR count). The molecular formula is C14H15F4NO2. The molecule has 0 aromatic heterocycles. The van der Waals surface area contributed by atoms with Crippen LogP contribution >= 0.6 is 0 Å². The average molecular weight is 305 g/mol. The van der Waals surface area contributed by atoms with E-state index in [4.69, 9.17) is 0 Å². The minimum atomic E-state index is -4.75. The molecule has 0 aliphatic heterocycles. The summed E-state index contributed by atoms with van der Waals surface area (Å²) in [6, 6.07) is 2.63. The number of hydrogen-bond acceptors (Lipinski definition) is 3. The van der Waals surface area contributed by atoms with Gasteiger partial charge >= 0.3 is 12.1 Å². The summed E-state index contributed by atoms with van der Waals surface area (Å²) in [6.07, 6.45) is -2.80. The maximum atomic E-state index is 13.1. The predicted molar refractivity (Wildman–Crippen MR) is 70.3 cm³/mol. The lowest BCUT2D eigenvalue weighted by Gasteiger charge is -2.11. The fourth-order valence-electron chi connectivity index (χ4n) is 1.65. The van der Waals surface area contributed by atoms with Crippen LogP contribution in [0.5, 0.6) is 0 Å². The van der Waals surface area contributed by atoms with Gasteiger partial charge in [-0.25, -0.2) is 9.18 Å². The number of esters is 1. The predicted octanol–water partition coefficient (Wildman–Crippen LogP) is 3.77. The number of carbonyl (C=O) groups excluding carboxylic acids is 1. The molecule has 0 saturated heterocycles. The zero-order chi connectivity index (χ0) is 16.0. The van der Waals surface area contributed by atoms with Crippen LogP contribution in [0.4, 0.5) is 23.2 Å². The number of benzene rings is 1. The first kappa shape index (κ1) is 17.0. The highest BCUT2D eigenvalue weighted by molar-refractivity contribution is 5.88. The van der Waals surface area contributed by atoms with Gasteiger partial charge in [-0.05, 0) is 24.6 Å². The van der Waals surface area contributed by atoms with Gasteiger partial charge < -0.3 is 10.1 Å². The fraction of sp³-hybridized carbons (Fsp3) is 0.357. The molecule has 0 spiro atoms. The summed E-state index contributed by atoms with van der Waals surface area (Å²) in [4.78, 5) is 11.3. The lowest BCUT2D eigenvalue weighted by Crippen LogP contribution is -2.10. The van der Waals surface area contributed by atoms with Crippen LogP contribution in [0.25, 0.3) is 0 Å². The minimum Gasteiger partial charge on any atom is -0.466 e. The molecule has 0 heterocycles. The van der Waals surface area contributed by atoms with E-state index < -0.39 is 23.5 Å². The van der Waals surface area contributed by atoms with Crippen LogP contribution in [0.2, 0.25) is 0 Å². The van der Waals surface area contributed by atoms with Gasteiger partial charge in [0.1, 0.15) is 5.82 Å². The first-order valence-corrected chi connectivity index (χ1v) is 6.17. The van der Waals surface area contributed by atoms with E-state index in [0.29, 0.717) is 18.1 Å². The van der Waals surface area contributed by atoms with Gasteiger partial charge in [-0.15, -0.1) is 0 Å². The Balaban J connectivity index is 2.81. The molecule has 0 fully saturated rings. The van der Waals surface area contributed by atoms with E-state index in [-0.39, 0.29) is 12.2 Å². The van der Waals surface area contributed by atoms with Gasteiger partial charge in [-0.2, -0.15) is 13.2 Å². The zero-order valence-electron chi connectivity index (χ0n) is 11.6. The first-order chi connectivity index (χ1) is 9.79.